The third-order valence-corrected chi connectivity index (χ3v) is 5.95. The number of nitrogens with zero attached hydrogens (tertiary/aromatic N) is 2. The lowest BCUT2D eigenvalue weighted by atomic mass is 10.3. The van der Waals surface area contributed by atoms with Gasteiger partial charge >= 0.3 is 0 Å². The second-order valence-corrected chi connectivity index (χ2v) is 8.42. The fraction of sp³-hybridized carbons (Fsp3) is 0.154. The fourth-order valence-corrected chi connectivity index (χ4v) is 3.83. The lowest BCUT2D eigenvalue weighted by Crippen LogP contribution is -2.11. The van der Waals surface area contributed by atoms with Gasteiger partial charge in [-0.2, -0.15) is 0 Å². The van der Waals surface area contributed by atoms with E-state index < -0.39 is 12.3 Å². The van der Waals surface area contributed by atoms with Gasteiger partial charge in [-0.1, -0.05) is 23.4 Å². The summed E-state index contributed by atoms with van der Waals surface area (Å²) in [5.41, 5.74) is -0.221. The van der Waals surface area contributed by atoms with Gasteiger partial charge in [-0.05, 0) is 24.3 Å². The fourth-order valence-electron chi connectivity index (χ4n) is 1.69. The van der Waals surface area contributed by atoms with Crippen molar-refractivity contribution in [1.82, 2.24) is 4.98 Å². The Labute approximate surface area is 136 Å². The SMILES string of the molecule is COP(C)(=O)c1cc(Sc2ccc(Cl)cn2)ccc1[N+](=O)[O-]. The Morgan fingerprint density at radius 1 is 1.36 bits per heavy atom. The first-order valence-electron chi connectivity index (χ1n) is 6.05. The smallest absolute Gasteiger partial charge is 0.282 e. The van der Waals surface area contributed by atoms with Crippen LogP contribution in [0.3, 0.4) is 0 Å². The summed E-state index contributed by atoms with van der Waals surface area (Å²) in [6.07, 6.45) is 1.51. The van der Waals surface area contributed by atoms with Crippen LogP contribution >= 0.6 is 30.7 Å². The highest BCUT2D eigenvalue weighted by Gasteiger charge is 2.28. The maximum absolute atomic E-state index is 12.4. The van der Waals surface area contributed by atoms with Gasteiger partial charge in [0, 0.05) is 30.9 Å². The van der Waals surface area contributed by atoms with E-state index in [9.17, 15) is 14.7 Å². The zero-order valence-electron chi connectivity index (χ0n) is 11.7. The standard InChI is InChI=1S/C13H12ClN2O4PS/c1-20-21(2,19)12-7-10(4-5-11(12)16(17)18)22-13-6-3-9(14)8-15-13/h3-8H,1-2H3. The monoisotopic (exact) mass is 358 g/mol. The molecule has 0 spiro atoms. The van der Waals surface area contributed by atoms with Gasteiger partial charge in [0.2, 0.25) is 7.37 Å². The zero-order chi connectivity index (χ0) is 16.3. The van der Waals surface area contributed by atoms with Gasteiger partial charge in [0.05, 0.1) is 9.95 Å². The summed E-state index contributed by atoms with van der Waals surface area (Å²) in [6.45, 7) is 1.35. The molecule has 116 valence electrons. The lowest BCUT2D eigenvalue weighted by Gasteiger charge is -2.12. The topological polar surface area (TPSA) is 82.3 Å². The number of hydrogen-bond donors (Lipinski definition) is 0. The van der Waals surface area contributed by atoms with E-state index in [0.717, 1.165) is 0 Å². The molecule has 1 atom stereocenters. The van der Waals surface area contributed by atoms with Crippen LogP contribution in [-0.4, -0.2) is 23.7 Å². The van der Waals surface area contributed by atoms with E-state index in [4.69, 9.17) is 16.1 Å². The molecule has 0 aliphatic heterocycles. The van der Waals surface area contributed by atoms with Gasteiger partial charge in [-0.3, -0.25) is 14.7 Å². The van der Waals surface area contributed by atoms with Crippen LogP contribution in [0, 0.1) is 10.1 Å². The van der Waals surface area contributed by atoms with Crippen LogP contribution in [0.1, 0.15) is 0 Å². The predicted molar refractivity (Wildman–Crippen MR) is 86.6 cm³/mol. The van der Waals surface area contributed by atoms with Crippen LogP contribution in [0.4, 0.5) is 5.69 Å². The van der Waals surface area contributed by atoms with E-state index in [1.807, 2.05) is 0 Å². The molecule has 1 aromatic heterocycles. The maximum Gasteiger partial charge on any atom is 0.282 e. The van der Waals surface area contributed by atoms with Gasteiger partial charge in [0.25, 0.3) is 5.69 Å². The van der Waals surface area contributed by atoms with E-state index in [0.29, 0.717) is 14.9 Å². The van der Waals surface area contributed by atoms with Crippen molar-refractivity contribution in [3.63, 3.8) is 0 Å². The zero-order valence-corrected chi connectivity index (χ0v) is 14.2. The molecule has 0 saturated heterocycles. The number of hydrogen-bond acceptors (Lipinski definition) is 6. The molecular formula is C13H12ClN2O4PS. The Morgan fingerprint density at radius 3 is 2.64 bits per heavy atom. The second-order valence-electron chi connectivity index (χ2n) is 4.35. The van der Waals surface area contributed by atoms with Crippen molar-refractivity contribution in [2.75, 3.05) is 13.8 Å². The molecule has 9 heteroatoms. The van der Waals surface area contributed by atoms with E-state index in [-0.39, 0.29) is 11.0 Å². The molecule has 0 saturated carbocycles. The van der Waals surface area contributed by atoms with E-state index in [1.54, 1.807) is 18.2 Å². The molecule has 1 unspecified atom stereocenters. The largest absolute Gasteiger partial charge is 0.329 e. The lowest BCUT2D eigenvalue weighted by molar-refractivity contribution is -0.383. The van der Waals surface area contributed by atoms with E-state index >= 15 is 0 Å². The molecule has 0 aliphatic rings. The second kappa shape index (κ2) is 6.79. The van der Waals surface area contributed by atoms with Crippen LogP contribution in [0.5, 0.6) is 0 Å². The number of pyridine rings is 1. The van der Waals surface area contributed by atoms with Crippen LogP contribution in [-0.2, 0) is 9.09 Å². The van der Waals surface area contributed by atoms with Gasteiger partial charge in [0.15, 0.2) is 0 Å². The highest BCUT2D eigenvalue weighted by molar-refractivity contribution is 7.99. The summed E-state index contributed by atoms with van der Waals surface area (Å²) in [5.74, 6) is 0. The van der Waals surface area contributed by atoms with E-state index in [2.05, 4.69) is 4.98 Å². The summed E-state index contributed by atoms with van der Waals surface area (Å²) in [4.78, 5) is 15.3. The molecule has 0 bridgehead atoms. The molecule has 1 aromatic carbocycles. The van der Waals surface area contributed by atoms with Gasteiger partial charge in [-0.25, -0.2) is 4.98 Å². The van der Waals surface area contributed by atoms with Crippen LogP contribution in [0.15, 0.2) is 46.5 Å². The summed E-state index contributed by atoms with van der Waals surface area (Å²) < 4.78 is 17.3. The van der Waals surface area contributed by atoms with Crippen LogP contribution < -0.4 is 5.30 Å². The Hall–Kier alpha value is -1.40. The molecule has 0 aliphatic carbocycles. The van der Waals surface area contributed by atoms with Crippen molar-refractivity contribution in [3.05, 3.63) is 51.7 Å². The molecule has 0 radical (unpaired) electrons. The van der Waals surface area contributed by atoms with Crippen LogP contribution in [0.2, 0.25) is 5.02 Å². The number of aromatic nitrogens is 1. The Morgan fingerprint density at radius 2 is 2.09 bits per heavy atom. The number of nitro groups is 1. The van der Waals surface area contributed by atoms with Crippen molar-refractivity contribution >= 4 is 41.7 Å². The van der Waals surface area contributed by atoms with Crippen molar-refractivity contribution in [2.45, 2.75) is 9.92 Å². The number of halogens is 1. The third kappa shape index (κ3) is 3.87. The first-order chi connectivity index (χ1) is 10.3. The predicted octanol–water partition coefficient (Wildman–Crippen LogP) is 3.97. The van der Waals surface area contributed by atoms with Crippen molar-refractivity contribution in [3.8, 4) is 0 Å². The van der Waals surface area contributed by atoms with Gasteiger partial charge < -0.3 is 4.52 Å². The summed E-state index contributed by atoms with van der Waals surface area (Å²) in [6, 6.07) is 7.84. The highest BCUT2D eigenvalue weighted by Crippen LogP contribution is 2.44. The minimum Gasteiger partial charge on any atom is -0.329 e. The van der Waals surface area contributed by atoms with Gasteiger partial charge in [-0.15, -0.1) is 0 Å². The molecule has 2 aromatic rings. The quantitative estimate of drug-likeness (QED) is 0.457. The molecule has 0 N–H and O–H groups in total. The molecule has 0 fully saturated rings. The highest BCUT2D eigenvalue weighted by atomic mass is 35.5. The van der Waals surface area contributed by atoms with Crippen LogP contribution in [0.25, 0.3) is 0 Å². The summed E-state index contributed by atoms with van der Waals surface area (Å²) in [5, 5.41) is 12.4. The maximum atomic E-state index is 12.4. The van der Waals surface area contributed by atoms with E-state index in [1.165, 1.54) is 43.9 Å². The first-order valence-corrected chi connectivity index (χ1v) is 9.32. The Bertz CT molecular complexity index is 754. The van der Waals surface area contributed by atoms with Gasteiger partial charge in [0.1, 0.15) is 10.3 Å². The Kier molecular flexibility index (Phi) is 5.24. The molecular weight excluding hydrogens is 347 g/mol. The van der Waals surface area contributed by atoms with Crippen molar-refractivity contribution < 1.29 is 14.0 Å². The normalized spacial score (nSPS) is 13.6. The summed E-state index contributed by atoms with van der Waals surface area (Å²) in [7, 11) is -1.98. The summed E-state index contributed by atoms with van der Waals surface area (Å²) >= 11 is 7.06. The number of nitro benzene ring substituents is 1. The van der Waals surface area contributed by atoms with Crippen molar-refractivity contribution in [2.24, 2.45) is 0 Å². The molecule has 6 nitrogen and oxygen atoms in total. The third-order valence-electron chi connectivity index (χ3n) is 2.85. The van der Waals surface area contributed by atoms with Crippen molar-refractivity contribution in [1.29, 1.82) is 0 Å². The molecule has 22 heavy (non-hydrogen) atoms. The first kappa shape index (κ1) is 17.0. The average molecular weight is 359 g/mol. The number of benzene rings is 1. The Balaban J connectivity index is 2.42. The number of rotatable bonds is 5. The minimum absolute atomic E-state index is 0.0824. The molecule has 1 heterocycles. The molecule has 2 rings (SSSR count). The minimum atomic E-state index is -3.25. The molecule has 0 amide bonds. The average Bonchev–Trinajstić information content (AvgIpc) is 2.49.